The highest BCUT2D eigenvalue weighted by atomic mass is 16.5. The topological polar surface area (TPSA) is 48.1 Å². The van der Waals surface area contributed by atoms with Gasteiger partial charge in [0, 0.05) is 44.9 Å². The van der Waals surface area contributed by atoms with Gasteiger partial charge in [0.2, 0.25) is 0 Å². The lowest BCUT2D eigenvalue weighted by Crippen LogP contribution is -2.53. The number of carbonyl (C=O) groups excluding carboxylic acids is 1. The molecule has 1 unspecified atom stereocenters. The maximum Gasteiger partial charge on any atom is 0.322 e. The summed E-state index contributed by atoms with van der Waals surface area (Å²) in [5.74, 6) is 0. The zero-order chi connectivity index (χ0) is 17.2. The van der Waals surface area contributed by atoms with E-state index in [0.717, 1.165) is 64.3 Å². The second-order valence-corrected chi connectivity index (χ2v) is 7.37. The van der Waals surface area contributed by atoms with E-state index in [1.807, 2.05) is 11.0 Å². The second-order valence-electron chi connectivity index (χ2n) is 7.37. The third kappa shape index (κ3) is 3.46. The van der Waals surface area contributed by atoms with Crippen LogP contribution in [0.25, 0.3) is 0 Å². The molecule has 0 spiro atoms. The average molecular weight is 344 g/mol. The van der Waals surface area contributed by atoms with Gasteiger partial charge in [-0.15, -0.1) is 0 Å². The van der Waals surface area contributed by atoms with Crippen molar-refractivity contribution in [3.63, 3.8) is 0 Å². The number of para-hydroxylation sites is 2. The predicted octanol–water partition coefficient (Wildman–Crippen LogP) is 1.91. The molecule has 25 heavy (non-hydrogen) atoms. The molecular weight excluding hydrogens is 316 g/mol. The van der Waals surface area contributed by atoms with Gasteiger partial charge >= 0.3 is 6.03 Å². The molecule has 136 valence electrons. The minimum atomic E-state index is 0.0411. The minimum Gasteiger partial charge on any atom is -0.381 e. The van der Waals surface area contributed by atoms with Crippen molar-refractivity contribution in [2.75, 3.05) is 56.2 Å². The zero-order valence-electron chi connectivity index (χ0n) is 15.0. The van der Waals surface area contributed by atoms with Crippen molar-refractivity contribution in [2.24, 2.45) is 0 Å². The summed E-state index contributed by atoms with van der Waals surface area (Å²) in [6.07, 6.45) is 3.16. The van der Waals surface area contributed by atoms with Crippen LogP contribution >= 0.6 is 0 Å². The van der Waals surface area contributed by atoms with Crippen molar-refractivity contribution in [1.82, 2.24) is 10.2 Å². The van der Waals surface area contributed by atoms with E-state index in [0.29, 0.717) is 6.04 Å². The quantitative estimate of drug-likeness (QED) is 0.890. The number of likely N-dealkylation sites (N-methyl/N-ethyl adjacent to an activating group) is 1. The van der Waals surface area contributed by atoms with Crippen LogP contribution in [0, 0.1) is 0 Å². The van der Waals surface area contributed by atoms with Gasteiger partial charge < -0.3 is 19.9 Å². The van der Waals surface area contributed by atoms with Gasteiger partial charge in [0.05, 0.1) is 11.4 Å². The number of likely N-dealkylation sites (tertiary alicyclic amines) is 1. The highest BCUT2D eigenvalue weighted by molar-refractivity contribution is 5.97. The lowest BCUT2D eigenvalue weighted by molar-refractivity contribution is 0.0844. The fourth-order valence-corrected chi connectivity index (χ4v) is 4.28. The molecule has 0 radical (unpaired) electrons. The molecule has 0 saturated carbocycles. The molecule has 2 saturated heterocycles. The van der Waals surface area contributed by atoms with Crippen LogP contribution in [0.5, 0.6) is 0 Å². The van der Waals surface area contributed by atoms with Crippen LogP contribution in [0.1, 0.15) is 19.3 Å². The number of amides is 2. The summed E-state index contributed by atoms with van der Waals surface area (Å²) in [5.41, 5.74) is 2.21. The number of hydrogen-bond donors (Lipinski definition) is 1. The highest BCUT2D eigenvalue weighted by Crippen LogP contribution is 2.35. The van der Waals surface area contributed by atoms with Crippen LogP contribution in [-0.2, 0) is 4.74 Å². The summed E-state index contributed by atoms with van der Waals surface area (Å²) in [6.45, 7) is 5.29. The first kappa shape index (κ1) is 16.7. The Bertz CT molecular complexity index is 617. The van der Waals surface area contributed by atoms with Crippen molar-refractivity contribution in [3.05, 3.63) is 24.3 Å². The Morgan fingerprint density at radius 3 is 2.56 bits per heavy atom. The van der Waals surface area contributed by atoms with E-state index in [1.54, 1.807) is 0 Å². The van der Waals surface area contributed by atoms with E-state index in [1.165, 1.54) is 5.69 Å². The van der Waals surface area contributed by atoms with E-state index in [2.05, 4.69) is 40.4 Å². The maximum absolute atomic E-state index is 12.9. The van der Waals surface area contributed by atoms with Crippen LogP contribution in [-0.4, -0.2) is 69.5 Å². The molecule has 2 amide bonds. The molecule has 4 rings (SSSR count). The number of fused-ring (bicyclic) bond motifs is 1. The van der Waals surface area contributed by atoms with Gasteiger partial charge in [-0.25, -0.2) is 4.79 Å². The van der Waals surface area contributed by atoms with Gasteiger partial charge in [0.15, 0.2) is 0 Å². The highest BCUT2D eigenvalue weighted by Gasteiger charge is 2.32. The van der Waals surface area contributed by atoms with Gasteiger partial charge in [0.25, 0.3) is 0 Å². The Balaban J connectivity index is 1.51. The first-order valence-corrected chi connectivity index (χ1v) is 9.42. The molecule has 1 aromatic rings. The van der Waals surface area contributed by atoms with E-state index < -0.39 is 0 Å². The summed E-state index contributed by atoms with van der Waals surface area (Å²) in [5, 5.41) is 3.22. The number of urea groups is 1. The van der Waals surface area contributed by atoms with Gasteiger partial charge in [-0.1, -0.05) is 12.1 Å². The molecule has 3 aliphatic heterocycles. The van der Waals surface area contributed by atoms with E-state index in [-0.39, 0.29) is 12.1 Å². The van der Waals surface area contributed by atoms with Crippen LogP contribution in [0.2, 0.25) is 0 Å². The van der Waals surface area contributed by atoms with E-state index >= 15 is 0 Å². The number of rotatable bonds is 2. The second kappa shape index (κ2) is 7.22. The fraction of sp³-hybridized carbons (Fsp3) is 0.632. The fourth-order valence-electron chi connectivity index (χ4n) is 4.28. The lowest BCUT2D eigenvalue weighted by atomic mass is 10.0. The Kier molecular flexibility index (Phi) is 4.81. The number of nitrogens with one attached hydrogen (secondary N) is 1. The Morgan fingerprint density at radius 2 is 1.84 bits per heavy atom. The van der Waals surface area contributed by atoms with Gasteiger partial charge in [-0.3, -0.25) is 4.90 Å². The number of nitrogens with zero attached hydrogens (tertiary/aromatic N) is 3. The Hall–Kier alpha value is -1.79. The monoisotopic (exact) mass is 344 g/mol. The number of ether oxygens (including phenoxy) is 1. The summed E-state index contributed by atoms with van der Waals surface area (Å²) in [4.78, 5) is 19.5. The molecule has 1 N–H and O–H groups in total. The number of benzene rings is 1. The third-order valence-corrected chi connectivity index (χ3v) is 5.64. The standard InChI is InChI=1S/C19H28N4O2/c1-21-9-6-15(14-21)20-19(24)23-11-10-22(16-7-12-25-13-8-16)17-4-2-3-5-18(17)23/h2-5,15-16H,6-14H2,1H3,(H,20,24). The molecule has 0 bridgehead atoms. The molecule has 2 fully saturated rings. The van der Waals surface area contributed by atoms with Crippen molar-refractivity contribution < 1.29 is 9.53 Å². The molecule has 0 aromatic heterocycles. The van der Waals surface area contributed by atoms with Crippen molar-refractivity contribution in [2.45, 2.75) is 31.3 Å². The molecule has 0 aliphatic carbocycles. The van der Waals surface area contributed by atoms with Crippen LogP contribution in [0.15, 0.2) is 24.3 Å². The van der Waals surface area contributed by atoms with E-state index in [4.69, 9.17) is 4.74 Å². The molecule has 3 heterocycles. The lowest BCUT2D eigenvalue weighted by Gasteiger charge is -2.43. The van der Waals surface area contributed by atoms with Crippen LogP contribution in [0.3, 0.4) is 0 Å². The van der Waals surface area contributed by atoms with Crippen LogP contribution in [0.4, 0.5) is 16.2 Å². The SMILES string of the molecule is CN1CCC(NC(=O)N2CCN(C3CCOCC3)c3ccccc32)C1. The maximum atomic E-state index is 12.9. The van der Waals surface area contributed by atoms with Crippen molar-refractivity contribution in [1.29, 1.82) is 0 Å². The number of carbonyl (C=O) groups is 1. The Labute approximate surface area is 149 Å². The van der Waals surface area contributed by atoms with Gasteiger partial charge in [-0.05, 0) is 45.0 Å². The molecular formula is C19H28N4O2. The predicted molar refractivity (Wildman–Crippen MR) is 99.4 cm³/mol. The normalized spacial score (nSPS) is 25.1. The minimum absolute atomic E-state index is 0.0411. The molecule has 3 aliphatic rings. The number of hydrogen-bond acceptors (Lipinski definition) is 4. The Morgan fingerprint density at radius 1 is 1.08 bits per heavy atom. The summed E-state index contributed by atoms with van der Waals surface area (Å²) >= 11 is 0. The van der Waals surface area contributed by atoms with Gasteiger partial charge in [-0.2, -0.15) is 0 Å². The molecule has 6 heteroatoms. The average Bonchev–Trinajstić information content (AvgIpc) is 3.06. The molecule has 1 atom stereocenters. The first-order valence-electron chi connectivity index (χ1n) is 9.42. The van der Waals surface area contributed by atoms with E-state index in [9.17, 15) is 4.79 Å². The molecule has 1 aromatic carbocycles. The zero-order valence-corrected chi connectivity index (χ0v) is 15.0. The third-order valence-electron chi connectivity index (χ3n) is 5.64. The van der Waals surface area contributed by atoms with Gasteiger partial charge in [0.1, 0.15) is 0 Å². The molecule has 6 nitrogen and oxygen atoms in total. The van der Waals surface area contributed by atoms with Crippen LogP contribution < -0.4 is 15.1 Å². The largest absolute Gasteiger partial charge is 0.381 e. The smallest absolute Gasteiger partial charge is 0.322 e. The summed E-state index contributed by atoms with van der Waals surface area (Å²) in [6, 6.07) is 9.13. The van der Waals surface area contributed by atoms with Crippen molar-refractivity contribution >= 4 is 17.4 Å². The summed E-state index contributed by atoms with van der Waals surface area (Å²) in [7, 11) is 2.11. The number of anilines is 2. The summed E-state index contributed by atoms with van der Waals surface area (Å²) < 4.78 is 5.52. The first-order chi connectivity index (χ1) is 12.2. The van der Waals surface area contributed by atoms with Crippen molar-refractivity contribution in [3.8, 4) is 0 Å².